The number of hydrogen-bond acceptors (Lipinski definition) is 3. The molecule has 0 fully saturated rings. The van der Waals surface area contributed by atoms with Gasteiger partial charge >= 0.3 is 0 Å². The molecule has 0 aliphatic carbocycles. The molecule has 3 aromatic rings. The van der Waals surface area contributed by atoms with Crippen molar-refractivity contribution in [1.29, 1.82) is 0 Å². The highest BCUT2D eigenvalue weighted by Crippen LogP contribution is 2.19. The van der Waals surface area contributed by atoms with Gasteiger partial charge in [0.2, 0.25) is 10.0 Å². The highest BCUT2D eigenvalue weighted by molar-refractivity contribution is 7.89. The zero-order chi connectivity index (χ0) is 21.7. The predicted molar refractivity (Wildman–Crippen MR) is 116 cm³/mol. The van der Waals surface area contributed by atoms with Crippen molar-refractivity contribution >= 4 is 44.8 Å². The second-order valence-corrected chi connectivity index (χ2v) is 9.02. The Balaban J connectivity index is 1.71. The highest BCUT2D eigenvalue weighted by atomic mass is 35.5. The van der Waals surface area contributed by atoms with E-state index in [1.807, 2.05) is 0 Å². The molecule has 1 amide bonds. The Kier molecular flexibility index (Phi) is 7.10. The average molecular weight is 467 g/mol. The molecule has 0 saturated heterocycles. The molecule has 0 aromatic heterocycles. The Morgan fingerprint density at radius 1 is 0.900 bits per heavy atom. The van der Waals surface area contributed by atoms with Gasteiger partial charge in [0.15, 0.2) is 0 Å². The van der Waals surface area contributed by atoms with Crippen molar-refractivity contribution < 1.29 is 17.6 Å². The first-order valence-corrected chi connectivity index (χ1v) is 11.1. The zero-order valence-corrected chi connectivity index (χ0v) is 17.9. The molecule has 0 heterocycles. The van der Waals surface area contributed by atoms with E-state index in [1.54, 1.807) is 48.5 Å². The van der Waals surface area contributed by atoms with E-state index in [0.29, 0.717) is 22.2 Å². The number of rotatable bonds is 7. The minimum absolute atomic E-state index is 0.133. The largest absolute Gasteiger partial charge is 0.322 e. The second-order valence-electron chi connectivity index (χ2n) is 6.38. The van der Waals surface area contributed by atoms with Crippen LogP contribution in [-0.2, 0) is 16.4 Å². The molecule has 30 heavy (non-hydrogen) atoms. The summed E-state index contributed by atoms with van der Waals surface area (Å²) in [6, 6.07) is 16.3. The highest BCUT2D eigenvalue weighted by Gasteiger charge is 2.19. The number of carbonyl (C=O) groups excluding carboxylic acids is 1. The van der Waals surface area contributed by atoms with Crippen molar-refractivity contribution in [1.82, 2.24) is 4.72 Å². The monoisotopic (exact) mass is 466 g/mol. The number of hydrogen-bond donors (Lipinski definition) is 2. The van der Waals surface area contributed by atoms with Crippen molar-refractivity contribution in [3.63, 3.8) is 0 Å². The lowest BCUT2D eigenvalue weighted by Gasteiger charge is -2.10. The average Bonchev–Trinajstić information content (AvgIpc) is 2.71. The van der Waals surface area contributed by atoms with Crippen LogP contribution in [0.15, 0.2) is 71.6 Å². The standard InChI is InChI=1S/C21H17Cl2FN2O3S/c22-15-3-1-14(2-4-15)11-12-25-30(28,29)18-9-10-20(24)19(13-18)21(27)26-17-7-5-16(23)6-8-17/h1-10,13,25H,11-12H2,(H,26,27). The van der Waals surface area contributed by atoms with Crippen molar-refractivity contribution in [3.05, 3.63) is 93.7 Å². The normalized spacial score (nSPS) is 11.3. The third-order valence-electron chi connectivity index (χ3n) is 4.21. The fourth-order valence-electron chi connectivity index (χ4n) is 2.64. The zero-order valence-electron chi connectivity index (χ0n) is 15.5. The Bertz CT molecular complexity index is 1150. The van der Waals surface area contributed by atoms with E-state index >= 15 is 0 Å². The third-order valence-corrected chi connectivity index (χ3v) is 6.18. The Labute approximate surface area is 183 Å². The van der Waals surface area contributed by atoms with Gasteiger partial charge < -0.3 is 5.32 Å². The van der Waals surface area contributed by atoms with Crippen LogP contribution in [0.25, 0.3) is 0 Å². The van der Waals surface area contributed by atoms with E-state index in [4.69, 9.17) is 23.2 Å². The Morgan fingerprint density at radius 2 is 1.50 bits per heavy atom. The molecule has 5 nitrogen and oxygen atoms in total. The Morgan fingerprint density at radius 3 is 2.13 bits per heavy atom. The van der Waals surface area contributed by atoms with Gasteiger partial charge in [0.05, 0.1) is 10.5 Å². The van der Waals surface area contributed by atoms with E-state index in [9.17, 15) is 17.6 Å². The molecule has 0 bridgehead atoms. The van der Waals surface area contributed by atoms with Crippen LogP contribution in [0, 0.1) is 5.82 Å². The predicted octanol–water partition coefficient (Wildman–Crippen LogP) is 4.91. The molecule has 0 radical (unpaired) electrons. The topological polar surface area (TPSA) is 75.3 Å². The number of halogens is 3. The summed E-state index contributed by atoms with van der Waals surface area (Å²) in [5.74, 6) is -1.60. The van der Waals surface area contributed by atoms with Gasteiger partial charge in [0.25, 0.3) is 5.91 Å². The second kappa shape index (κ2) is 9.57. The first kappa shape index (κ1) is 22.2. The molecule has 0 unspecified atom stereocenters. The number of nitrogens with one attached hydrogen (secondary N) is 2. The number of anilines is 1. The summed E-state index contributed by atoms with van der Waals surface area (Å²) >= 11 is 11.6. The van der Waals surface area contributed by atoms with Crippen LogP contribution in [0.5, 0.6) is 0 Å². The molecular formula is C21H17Cl2FN2O3S. The summed E-state index contributed by atoms with van der Waals surface area (Å²) in [4.78, 5) is 12.2. The van der Waals surface area contributed by atoms with Gasteiger partial charge in [0.1, 0.15) is 5.82 Å². The quantitative estimate of drug-likeness (QED) is 0.519. The number of carbonyl (C=O) groups is 1. The lowest BCUT2D eigenvalue weighted by Crippen LogP contribution is -2.26. The molecule has 2 N–H and O–H groups in total. The van der Waals surface area contributed by atoms with E-state index in [1.165, 1.54) is 0 Å². The Hall–Kier alpha value is -2.45. The van der Waals surface area contributed by atoms with E-state index in [-0.39, 0.29) is 17.0 Å². The van der Waals surface area contributed by atoms with E-state index in [0.717, 1.165) is 23.8 Å². The SMILES string of the molecule is O=C(Nc1ccc(Cl)cc1)c1cc(S(=O)(=O)NCCc2ccc(Cl)cc2)ccc1F. The molecule has 0 aliphatic heterocycles. The molecule has 0 atom stereocenters. The maximum atomic E-state index is 14.2. The van der Waals surface area contributed by atoms with Gasteiger partial charge in [-0.25, -0.2) is 17.5 Å². The van der Waals surface area contributed by atoms with Crippen molar-refractivity contribution in [2.45, 2.75) is 11.3 Å². The van der Waals surface area contributed by atoms with Crippen LogP contribution in [0.4, 0.5) is 10.1 Å². The fraction of sp³-hybridized carbons (Fsp3) is 0.0952. The molecule has 0 saturated carbocycles. The van der Waals surface area contributed by atoms with Crippen molar-refractivity contribution in [2.24, 2.45) is 0 Å². The molecule has 0 spiro atoms. The summed E-state index contributed by atoms with van der Waals surface area (Å²) in [6.07, 6.45) is 0.446. The van der Waals surface area contributed by atoms with E-state index in [2.05, 4.69) is 10.0 Å². The first-order valence-electron chi connectivity index (χ1n) is 8.85. The van der Waals surface area contributed by atoms with Crippen LogP contribution < -0.4 is 10.0 Å². The summed E-state index contributed by atoms with van der Waals surface area (Å²) < 4.78 is 41.7. The first-order chi connectivity index (χ1) is 14.2. The minimum Gasteiger partial charge on any atom is -0.322 e. The summed E-state index contributed by atoms with van der Waals surface area (Å²) in [5.41, 5.74) is 0.924. The number of benzene rings is 3. The lowest BCUT2D eigenvalue weighted by molar-refractivity contribution is 0.102. The molecule has 3 aromatic carbocycles. The summed E-state index contributed by atoms with van der Waals surface area (Å²) in [7, 11) is -3.93. The molecular weight excluding hydrogens is 450 g/mol. The summed E-state index contributed by atoms with van der Waals surface area (Å²) in [5, 5.41) is 3.59. The van der Waals surface area contributed by atoms with Crippen LogP contribution >= 0.6 is 23.2 Å². The lowest BCUT2D eigenvalue weighted by atomic mass is 10.2. The van der Waals surface area contributed by atoms with Crippen molar-refractivity contribution in [2.75, 3.05) is 11.9 Å². The summed E-state index contributed by atoms with van der Waals surface area (Å²) in [6.45, 7) is 0.133. The molecule has 156 valence electrons. The van der Waals surface area contributed by atoms with E-state index < -0.39 is 21.7 Å². The van der Waals surface area contributed by atoms with Crippen LogP contribution in [-0.4, -0.2) is 20.9 Å². The van der Waals surface area contributed by atoms with Gasteiger partial charge in [-0.1, -0.05) is 35.3 Å². The van der Waals surface area contributed by atoms with Gasteiger partial charge in [-0.05, 0) is 66.6 Å². The van der Waals surface area contributed by atoms with Crippen LogP contribution in [0.1, 0.15) is 15.9 Å². The van der Waals surface area contributed by atoms with Crippen LogP contribution in [0.2, 0.25) is 10.0 Å². The third kappa shape index (κ3) is 5.79. The maximum absolute atomic E-state index is 14.2. The number of sulfonamides is 1. The fourth-order valence-corrected chi connectivity index (χ4v) is 3.95. The molecule has 9 heteroatoms. The van der Waals surface area contributed by atoms with Gasteiger partial charge in [0, 0.05) is 22.3 Å². The molecule has 3 rings (SSSR count). The van der Waals surface area contributed by atoms with Gasteiger partial charge in [-0.3, -0.25) is 4.79 Å². The van der Waals surface area contributed by atoms with Gasteiger partial charge in [-0.15, -0.1) is 0 Å². The van der Waals surface area contributed by atoms with Gasteiger partial charge in [-0.2, -0.15) is 0 Å². The molecule has 0 aliphatic rings. The van der Waals surface area contributed by atoms with Crippen LogP contribution in [0.3, 0.4) is 0 Å². The smallest absolute Gasteiger partial charge is 0.258 e. The minimum atomic E-state index is -3.93. The maximum Gasteiger partial charge on any atom is 0.258 e. The van der Waals surface area contributed by atoms with Crippen molar-refractivity contribution in [3.8, 4) is 0 Å². The number of amides is 1.